The Kier molecular flexibility index (Phi) is 8.81. The summed E-state index contributed by atoms with van der Waals surface area (Å²) in [6, 6.07) is 26.8. The summed E-state index contributed by atoms with van der Waals surface area (Å²) in [6.07, 6.45) is 7.25. The first-order valence-corrected chi connectivity index (χ1v) is 12.8. The molecular formula is C31H37NO2. The zero-order chi connectivity index (χ0) is 23.6. The highest BCUT2D eigenvalue weighted by Crippen LogP contribution is 2.36. The molecule has 1 N–H and O–H groups in total. The highest BCUT2D eigenvalue weighted by Gasteiger charge is 2.15. The maximum atomic E-state index is 9.88. The van der Waals surface area contributed by atoms with Crippen molar-refractivity contribution in [2.45, 2.75) is 45.4 Å². The lowest BCUT2D eigenvalue weighted by molar-refractivity contribution is 0.183. The molecule has 0 aromatic heterocycles. The van der Waals surface area contributed by atoms with Crippen LogP contribution in [0, 0.1) is 0 Å². The Morgan fingerprint density at radius 3 is 2.09 bits per heavy atom. The molecule has 0 saturated carbocycles. The molecule has 1 heterocycles. The minimum atomic E-state index is 0.287. The minimum absolute atomic E-state index is 0.287. The van der Waals surface area contributed by atoms with E-state index < -0.39 is 0 Å². The van der Waals surface area contributed by atoms with Crippen LogP contribution in [0.5, 0.6) is 11.5 Å². The van der Waals surface area contributed by atoms with Crippen molar-refractivity contribution in [2.24, 2.45) is 0 Å². The highest BCUT2D eigenvalue weighted by atomic mass is 16.5. The molecule has 0 atom stereocenters. The van der Waals surface area contributed by atoms with Crippen molar-refractivity contribution in [3.63, 3.8) is 0 Å². The SMILES string of the molecule is CCCC/C(=C(\c1ccc(O)cc1)c1ccc(OCCN2CCCCC2)cc1)c1ccccc1. The molecule has 0 unspecified atom stereocenters. The predicted molar refractivity (Wildman–Crippen MR) is 142 cm³/mol. The Balaban J connectivity index is 1.62. The van der Waals surface area contributed by atoms with E-state index in [2.05, 4.69) is 66.4 Å². The second kappa shape index (κ2) is 12.4. The summed E-state index contributed by atoms with van der Waals surface area (Å²) < 4.78 is 6.08. The van der Waals surface area contributed by atoms with E-state index in [9.17, 15) is 5.11 Å². The second-order valence-electron chi connectivity index (χ2n) is 9.15. The summed E-state index contributed by atoms with van der Waals surface area (Å²) in [5.41, 5.74) is 6.10. The number of hydrogen-bond donors (Lipinski definition) is 1. The van der Waals surface area contributed by atoms with Crippen LogP contribution in [0.1, 0.15) is 62.1 Å². The van der Waals surface area contributed by atoms with Crippen molar-refractivity contribution in [2.75, 3.05) is 26.2 Å². The van der Waals surface area contributed by atoms with Crippen LogP contribution in [0.3, 0.4) is 0 Å². The van der Waals surface area contributed by atoms with Gasteiger partial charge < -0.3 is 9.84 Å². The van der Waals surface area contributed by atoms with Gasteiger partial charge in [0, 0.05) is 6.54 Å². The van der Waals surface area contributed by atoms with Crippen LogP contribution in [0.15, 0.2) is 78.9 Å². The standard InChI is InChI=1S/C31H37NO2/c1-2-3-12-30(25-10-6-4-7-11-25)31(26-13-17-28(33)18-14-26)27-15-19-29(20-16-27)34-24-23-32-21-8-5-9-22-32/h4,6-7,10-11,13-20,33H,2-3,5,8-9,12,21-24H2,1H3/b31-30-. The van der Waals surface area contributed by atoms with Gasteiger partial charge in [-0.15, -0.1) is 0 Å². The van der Waals surface area contributed by atoms with Gasteiger partial charge >= 0.3 is 0 Å². The second-order valence-corrected chi connectivity index (χ2v) is 9.15. The molecule has 0 spiro atoms. The molecule has 1 aliphatic rings. The molecule has 34 heavy (non-hydrogen) atoms. The molecule has 3 aromatic rings. The fourth-order valence-electron chi connectivity index (χ4n) is 4.74. The van der Waals surface area contributed by atoms with Crippen LogP contribution in [0.25, 0.3) is 11.1 Å². The number of piperidine rings is 1. The fourth-order valence-corrected chi connectivity index (χ4v) is 4.74. The number of rotatable bonds is 10. The lowest BCUT2D eigenvalue weighted by Crippen LogP contribution is -2.33. The molecule has 3 heteroatoms. The van der Waals surface area contributed by atoms with Crippen molar-refractivity contribution in [1.82, 2.24) is 4.90 Å². The number of phenolic OH excluding ortho intramolecular Hbond substituents is 1. The fraction of sp³-hybridized carbons (Fsp3) is 0.355. The average molecular weight is 456 g/mol. The van der Waals surface area contributed by atoms with Crippen LogP contribution in [0.4, 0.5) is 0 Å². The van der Waals surface area contributed by atoms with Gasteiger partial charge in [0.15, 0.2) is 0 Å². The molecule has 0 radical (unpaired) electrons. The maximum absolute atomic E-state index is 9.88. The third kappa shape index (κ3) is 6.51. The zero-order valence-corrected chi connectivity index (χ0v) is 20.4. The van der Waals surface area contributed by atoms with Gasteiger partial charge in [0.25, 0.3) is 0 Å². The van der Waals surface area contributed by atoms with Crippen molar-refractivity contribution in [3.8, 4) is 11.5 Å². The van der Waals surface area contributed by atoms with E-state index in [1.165, 1.54) is 54.6 Å². The Hall–Kier alpha value is -3.04. The van der Waals surface area contributed by atoms with Gasteiger partial charge in [-0.1, -0.05) is 74.4 Å². The summed E-state index contributed by atoms with van der Waals surface area (Å²) in [4.78, 5) is 2.50. The molecule has 4 rings (SSSR count). The first kappa shape index (κ1) is 24.1. The number of likely N-dealkylation sites (tertiary alicyclic amines) is 1. The summed E-state index contributed by atoms with van der Waals surface area (Å²) >= 11 is 0. The topological polar surface area (TPSA) is 32.7 Å². The highest BCUT2D eigenvalue weighted by molar-refractivity contribution is 5.98. The molecule has 178 valence electrons. The molecule has 0 aliphatic carbocycles. The number of allylic oxidation sites excluding steroid dienone is 1. The van der Waals surface area contributed by atoms with E-state index in [0.717, 1.165) is 43.7 Å². The van der Waals surface area contributed by atoms with Crippen LogP contribution in [-0.4, -0.2) is 36.2 Å². The number of phenols is 1. The molecule has 3 nitrogen and oxygen atoms in total. The number of aromatic hydroxyl groups is 1. The lowest BCUT2D eigenvalue weighted by Gasteiger charge is -2.26. The number of nitrogens with zero attached hydrogens (tertiary/aromatic N) is 1. The largest absolute Gasteiger partial charge is 0.508 e. The van der Waals surface area contributed by atoms with Gasteiger partial charge in [0.1, 0.15) is 18.1 Å². The number of hydrogen-bond acceptors (Lipinski definition) is 3. The first-order valence-electron chi connectivity index (χ1n) is 12.8. The van der Waals surface area contributed by atoms with E-state index in [4.69, 9.17) is 4.74 Å². The number of benzene rings is 3. The third-order valence-corrected chi connectivity index (χ3v) is 6.63. The number of unbranched alkanes of at least 4 members (excludes halogenated alkanes) is 1. The molecule has 0 bridgehead atoms. The molecule has 1 saturated heterocycles. The zero-order valence-electron chi connectivity index (χ0n) is 20.4. The average Bonchev–Trinajstić information content (AvgIpc) is 2.89. The van der Waals surface area contributed by atoms with Crippen molar-refractivity contribution in [1.29, 1.82) is 0 Å². The van der Waals surface area contributed by atoms with E-state index >= 15 is 0 Å². The monoisotopic (exact) mass is 455 g/mol. The molecule has 1 fully saturated rings. The molecule has 0 amide bonds. The third-order valence-electron chi connectivity index (χ3n) is 6.63. The molecular weight excluding hydrogens is 418 g/mol. The van der Waals surface area contributed by atoms with Crippen LogP contribution in [-0.2, 0) is 0 Å². The van der Waals surface area contributed by atoms with Crippen molar-refractivity contribution in [3.05, 3.63) is 95.6 Å². The van der Waals surface area contributed by atoms with Crippen molar-refractivity contribution >= 4 is 11.1 Å². The van der Waals surface area contributed by atoms with Gasteiger partial charge in [-0.05, 0) is 90.9 Å². The predicted octanol–water partition coefficient (Wildman–Crippen LogP) is 7.41. The van der Waals surface area contributed by atoms with E-state index in [-0.39, 0.29) is 5.75 Å². The number of ether oxygens (including phenoxy) is 1. The van der Waals surface area contributed by atoms with E-state index in [1.807, 2.05) is 12.1 Å². The van der Waals surface area contributed by atoms with Gasteiger partial charge in [0.2, 0.25) is 0 Å². The minimum Gasteiger partial charge on any atom is -0.508 e. The van der Waals surface area contributed by atoms with Crippen molar-refractivity contribution < 1.29 is 9.84 Å². The summed E-state index contributed by atoms with van der Waals surface area (Å²) in [5.74, 6) is 1.20. The Labute approximate surface area is 204 Å². The van der Waals surface area contributed by atoms with Gasteiger partial charge in [0.05, 0.1) is 0 Å². The molecule has 1 aliphatic heterocycles. The van der Waals surface area contributed by atoms with Crippen LogP contribution < -0.4 is 4.74 Å². The Morgan fingerprint density at radius 2 is 1.44 bits per heavy atom. The first-order chi connectivity index (χ1) is 16.7. The smallest absolute Gasteiger partial charge is 0.119 e. The van der Waals surface area contributed by atoms with Crippen LogP contribution in [0.2, 0.25) is 0 Å². The normalized spacial score (nSPS) is 15.1. The summed E-state index contributed by atoms with van der Waals surface area (Å²) in [7, 11) is 0. The summed E-state index contributed by atoms with van der Waals surface area (Å²) in [6.45, 7) is 6.35. The van der Waals surface area contributed by atoms with Crippen LogP contribution >= 0.6 is 0 Å². The van der Waals surface area contributed by atoms with E-state index in [0.29, 0.717) is 0 Å². The Bertz CT molecular complexity index is 1030. The van der Waals surface area contributed by atoms with E-state index in [1.54, 1.807) is 12.1 Å². The maximum Gasteiger partial charge on any atom is 0.119 e. The Morgan fingerprint density at radius 1 is 0.794 bits per heavy atom. The quantitative estimate of drug-likeness (QED) is 0.323. The summed E-state index contributed by atoms with van der Waals surface area (Å²) in [5, 5.41) is 9.88. The van der Waals surface area contributed by atoms with Gasteiger partial charge in [-0.3, -0.25) is 4.90 Å². The lowest BCUT2D eigenvalue weighted by atomic mass is 9.87. The van der Waals surface area contributed by atoms with Gasteiger partial charge in [-0.25, -0.2) is 0 Å². The molecule has 3 aromatic carbocycles. The van der Waals surface area contributed by atoms with Gasteiger partial charge in [-0.2, -0.15) is 0 Å².